The number of halogens is 2. The molecule has 1 aromatic heterocycles. The Morgan fingerprint density at radius 1 is 1.43 bits per heavy atom. The maximum atomic E-state index is 11.0. The minimum absolute atomic E-state index is 0.00248. The van der Waals surface area contributed by atoms with Crippen molar-refractivity contribution < 1.29 is 9.90 Å². The van der Waals surface area contributed by atoms with Crippen molar-refractivity contribution in [2.75, 3.05) is 0 Å². The van der Waals surface area contributed by atoms with Crippen LogP contribution in [0, 0.1) is 0 Å². The van der Waals surface area contributed by atoms with Crippen LogP contribution < -0.4 is 0 Å². The van der Waals surface area contributed by atoms with E-state index in [-0.39, 0.29) is 12.5 Å². The SMILES string of the molecule is CCCC(CC(=O)O)n1nnnc1-c1cc(Br)ccc1Br. The van der Waals surface area contributed by atoms with Gasteiger partial charge in [-0.2, -0.15) is 0 Å². The molecule has 0 saturated carbocycles. The summed E-state index contributed by atoms with van der Waals surface area (Å²) in [6, 6.07) is 5.44. The van der Waals surface area contributed by atoms with E-state index in [9.17, 15) is 4.79 Å². The number of aliphatic carboxylic acids is 1. The summed E-state index contributed by atoms with van der Waals surface area (Å²) in [7, 11) is 0. The molecule has 2 aromatic rings. The number of carbonyl (C=O) groups is 1. The number of hydrogen-bond donors (Lipinski definition) is 1. The molecule has 0 aliphatic rings. The van der Waals surface area contributed by atoms with Crippen LogP contribution in [0.5, 0.6) is 0 Å². The Bertz CT molecular complexity index is 645. The first-order valence-corrected chi connectivity index (χ1v) is 8.06. The molecule has 6 nitrogen and oxygen atoms in total. The topological polar surface area (TPSA) is 80.9 Å². The second kappa shape index (κ2) is 7.13. The van der Waals surface area contributed by atoms with Gasteiger partial charge >= 0.3 is 5.97 Å². The molecule has 1 aromatic carbocycles. The number of carboxylic acids is 1. The molecule has 0 radical (unpaired) electrons. The second-order valence-corrected chi connectivity index (χ2v) is 6.38. The lowest BCUT2D eigenvalue weighted by Gasteiger charge is -2.16. The summed E-state index contributed by atoms with van der Waals surface area (Å²) in [5.74, 6) is -0.300. The number of benzene rings is 1. The van der Waals surface area contributed by atoms with Crippen LogP contribution in [0.3, 0.4) is 0 Å². The van der Waals surface area contributed by atoms with Crippen LogP contribution in [0.15, 0.2) is 27.1 Å². The number of hydrogen-bond acceptors (Lipinski definition) is 4. The van der Waals surface area contributed by atoms with Gasteiger partial charge in [-0.1, -0.05) is 45.2 Å². The Hall–Kier alpha value is -1.28. The summed E-state index contributed by atoms with van der Waals surface area (Å²) in [6.07, 6.45) is 1.56. The Labute approximate surface area is 138 Å². The van der Waals surface area contributed by atoms with Crippen molar-refractivity contribution >= 4 is 37.8 Å². The first-order valence-electron chi connectivity index (χ1n) is 6.48. The van der Waals surface area contributed by atoms with E-state index in [1.807, 2.05) is 25.1 Å². The molecule has 1 unspecified atom stereocenters. The molecule has 0 amide bonds. The van der Waals surface area contributed by atoms with Gasteiger partial charge in [0.2, 0.25) is 0 Å². The number of tetrazole rings is 1. The predicted molar refractivity (Wildman–Crippen MR) is 84.9 cm³/mol. The van der Waals surface area contributed by atoms with Crippen LogP contribution in [-0.4, -0.2) is 31.3 Å². The van der Waals surface area contributed by atoms with Crippen LogP contribution in [0.25, 0.3) is 11.4 Å². The maximum Gasteiger partial charge on any atom is 0.305 e. The monoisotopic (exact) mass is 416 g/mol. The molecule has 8 heteroatoms. The van der Waals surface area contributed by atoms with E-state index in [4.69, 9.17) is 5.11 Å². The zero-order chi connectivity index (χ0) is 15.4. The molecule has 1 heterocycles. The van der Waals surface area contributed by atoms with Gasteiger partial charge in [-0.15, -0.1) is 5.10 Å². The number of rotatable bonds is 6. The average Bonchev–Trinajstić information content (AvgIpc) is 2.89. The highest BCUT2D eigenvalue weighted by Crippen LogP contribution is 2.31. The van der Waals surface area contributed by atoms with Gasteiger partial charge in [0.1, 0.15) is 0 Å². The fourth-order valence-corrected chi connectivity index (χ4v) is 2.92. The fraction of sp³-hybridized carbons (Fsp3) is 0.385. The van der Waals surface area contributed by atoms with Crippen LogP contribution in [0.4, 0.5) is 0 Å². The largest absolute Gasteiger partial charge is 0.481 e. The first-order chi connectivity index (χ1) is 10.0. The molecular formula is C13H14Br2N4O2. The molecule has 0 bridgehead atoms. The van der Waals surface area contributed by atoms with Gasteiger partial charge in [0.05, 0.1) is 12.5 Å². The predicted octanol–water partition coefficient (Wildman–Crippen LogP) is 3.68. The van der Waals surface area contributed by atoms with Crippen molar-refractivity contribution in [1.29, 1.82) is 0 Å². The molecule has 21 heavy (non-hydrogen) atoms. The molecule has 2 rings (SSSR count). The third-order valence-corrected chi connectivity index (χ3v) is 4.22. The van der Waals surface area contributed by atoms with Crippen LogP contribution >= 0.6 is 31.9 Å². The summed E-state index contributed by atoms with van der Waals surface area (Å²) < 4.78 is 3.36. The molecule has 0 spiro atoms. The molecular weight excluding hydrogens is 404 g/mol. The quantitative estimate of drug-likeness (QED) is 0.775. The summed E-state index contributed by atoms with van der Waals surface area (Å²) >= 11 is 6.90. The number of nitrogens with zero attached hydrogens (tertiary/aromatic N) is 4. The Kier molecular flexibility index (Phi) is 5.46. The van der Waals surface area contributed by atoms with Gasteiger partial charge in [-0.25, -0.2) is 4.68 Å². The molecule has 1 atom stereocenters. The molecule has 112 valence electrons. The average molecular weight is 418 g/mol. The summed E-state index contributed by atoms with van der Waals surface area (Å²) in [4.78, 5) is 11.0. The zero-order valence-corrected chi connectivity index (χ0v) is 14.5. The van der Waals surface area contributed by atoms with Crippen LogP contribution in [0.2, 0.25) is 0 Å². The molecule has 0 aliphatic carbocycles. The Morgan fingerprint density at radius 2 is 2.19 bits per heavy atom. The fourth-order valence-electron chi connectivity index (χ4n) is 2.13. The summed E-state index contributed by atoms with van der Waals surface area (Å²) in [5.41, 5.74) is 0.820. The van der Waals surface area contributed by atoms with Gasteiger partial charge in [-0.3, -0.25) is 4.79 Å². The van der Waals surface area contributed by atoms with E-state index in [2.05, 4.69) is 47.4 Å². The van der Waals surface area contributed by atoms with Gasteiger partial charge in [0.15, 0.2) is 5.82 Å². The van der Waals surface area contributed by atoms with Crippen molar-refractivity contribution in [3.8, 4) is 11.4 Å². The van der Waals surface area contributed by atoms with Gasteiger partial charge in [-0.05, 0) is 35.0 Å². The molecule has 0 aliphatic heterocycles. The van der Waals surface area contributed by atoms with Crippen molar-refractivity contribution in [3.63, 3.8) is 0 Å². The lowest BCUT2D eigenvalue weighted by atomic mass is 10.1. The van der Waals surface area contributed by atoms with E-state index in [0.717, 1.165) is 20.9 Å². The Balaban J connectivity index is 2.45. The van der Waals surface area contributed by atoms with Crippen molar-refractivity contribution in [3.05, 3.63) is 27.1 Å². The Morgan fingerprint density at radius 3 is 2.86 bits per heavy atom. The van der Waals surface area contributed by atoms with Crippen LogP contribution in [-0.2, 0) is 4.79 Å². The van der Waals surface area contributed by atoms with E-state index in [1.165, 1.54) is 0 Å². The smallest absolute Gasteiger partial charge is 0.305 e. The molecule has 0 fully saturated rings. The molecule has 0 saturated heterocycles. The minimum Gasteiger partial charge on any atom is -0.481 e. The number of aromatic nitrogens is 4. The van der Waals surface area contributed by atoms with E-state index in [0.29, 0.717) is 12.2 Å². The lowest BCUT2D eigenvalue weighted by molar-refractivity contribution is -0.138. The lowest BCUT2D eigenvalue weighted by Crippen LogP contribution is -2.16. The molecule has 1 N–H and O–H groups in total. The van der Waals surface area contributed by atoms with Gasteiger partial charge < -0.3 is 5.11 Å². The van der Waals surface area contributed by atoms with Crippen molar-refractivity contribution in [2.45, 2.75) is 32.2 Å². The van der Waals surface area contributed by atoms with Crippen molar-refractivity contribution in [2.24, 2.45) is 0 Å². The van der Waals surface area contributed by atoms with Gasteiger partial charge in [0.25, 0.3) is 0 Å². The second-order valence-electron chi connectivity index (χ2n) is 4.61. The minimum atomic E-state index is -0.858. The highest BCUT2D eigenvalue weighted by molar-refractivity contribution is 9.11. The van der Waals surface area contributed by atoms with Gasteiger partial charge in [0, 0.05) is 14.5 Å². The van der Waals surface area contributed by atoms with Crippen molar-refractivity contribution in [1.82, 2.24) is 20.2 Å². The highest BCUT2D eigenvalue weighted by Gasteiger charge is 2.21. The number of carboxylic acid groups (broad SMARTS) is 1. The summed E-state index contributed by atoms with van der Waals surface area (Å²) in [5, 5.41) is 20.8. The van der Waals surface area contributed by atoms with E-state index < -0.39 is 5.97 Å². The first kappa shape index (κ1) is 16.1. The third kappa shape index (κ3) is 3.88. The van der Waals surface area contributed by atoms with E-state index in [1.54, 1.807) is 4.68 Å². The maximum absolute atomic E-state index is 11.0. The summed E-state index contributed by atoms with van der Waals surface area (Å²) in [6.45, 7) is 2.01. The highest BCUT2D eigenvalue weighted by atomic mass is 79.9. The zero-order valence-electron chi connectivity index (χ0n) is 11.3. The third-order valence-electron chi connectivity index (χ3n) is 3.04. The van der Waals surface area contributed by atoms with E-state index >= 15 is 0 Å². The normalized spacial score (nSPS) is 12.3. The standard InChI is InChI=1S/C13H14Br2N4O2/c1-2-3-9(7-12(20)21)19-13(16-17-18-19)10-6-8(14)4-5-11(10)15/h4-6,9H,2-3,7H2,1H3,(H,20,21). The van der Waals surface area contributed by atoms with Crippen LogP contribution in [0.1, 0.15) is 32.2 Å².